The van der Waals surface area contributed by atoms with Crippen molar-refractivity contribution in [1.82, 2.24) is 5.32 Å². The van der Waals surface area contributed by atoms with Crippen molar-refractivity contribution in [3.8, 4) is 0 Å². The molecule has 0 aromatic carbocycles. The summed E-state index contributed by atoms with van der Waals surface area (Å²) in [4.78, 5) is 0. The highest BCUT2D eigenvalue weighted by atomic mass is 14.9. The summed E-state index contributed by atoms with van der Waals surface area (Å²) >= 11 is 0. The van der Waals surface area contributed by atoms with E-state index < -0.39 is 0 Å². The Morgan fingerprint density at radius 1 is 1.09 bits per heavy atom. The molecule has 1 aliphatic heterocycles. The maximum absolute atomic E-state index is 3.63. The van der Waals surface area contributed by atoms with Crippen molar-refractivity contribution in [3.05, 3.63) is 0 Å². The standard InChI is InChI=1S/C10H17N/c1-2-9-7-10(5-6-11-9)4-3-8(1)10/h8-9,11H,1-7H2. The van der Waals surface area contributed by atoms with Crippen molar-refractivity contribution < 1.29 is 0 Å². The monoisotopic (exact) mass is 151 g/mol. The van der Waals surface area contributed by atoms with E-state index in [2.05, 4.69) is 5.32 Å². The van der Waals surface area contributed by atoms with Crippen molar-refractivity contribution in [1.29, 1.82) is 0 Å². The van der Waals surface area contributed by atoms with Crippen molar-refractivity contribution in [3.63, 3.8) is 0 Å². The smallest absolute Gasteiger partial charge is 0.00725 e. The number of fused-ring (bicyclic) bond motifs is 1. The molecule has 1 spiro atoms. The maximum Gasteiger partial charge on any atom is 0.00725 e. The van der Waals surface area contributed by atoms with Crippen LogP contribution in [0.15, 0.2) is 0 Å². The van der Waals surface area contributed by atoms with Crippen LogP contribution in [-0.2, 0) is 0 Å². The molecule has 62 valence electrons. The third kappa shape index (κ3) is 0.752. The van der Waals surface area contributed by atoms with Gasteiger partial charge in [-0.25, -0.2) is 0 Å². The molecule has 2 saturated carbocycles. The molecule has 2 bridgehead atoms. The fourth-order valence-corrected chi connectivity index (χ4v) is 3.60. The molecule has 0 aromatic heterocycles. The fraction of sp³-hybridized carbons (Fsp3) is 1.00. The fourth-order valence-electron chi connectivity index (χ4n) is 3.60. The summed E-state index contributed by atoms with van der Waals surface area (Å²) in [6, 6.07) is 0.903. The highest BCUT2D eigenvalue weighted by molar-refractivity contribution is 5.04. The van der Waals surface area contributed by atoms with Gasteiger partial charge in [-0.3, -0.25) is 0 Å². The van der Waals surface area contributed by atoms with E-state index in [0.29, 0.717) is 0 Å². The SMILES string of the molecule is C1CC23CCC2CCC(C3)N1. The van der Waals surface area contributed by atoms with Gasteiger partial charge in [0.25, 0.3) is 0 Å². The molecule has 3 aliphatic rings. The Hall–Kier alpha value is -0.0400. The number of nitrogens with one attached hydrogen (secondary N) is 1. The second-order valence-electron chi connectivity index (χ2n) is 4.78. The van der Waals surface area contributed by atoms with Crippen molar-refractivity contribution in [2.24, 2.45) is 11.3 Å². The number of piperidine rings is 1. The van der Waals surface area contributed by atoms with Crippen LogP contribution in [0.2, 0.25) is 0 Å². The van der Waals surface area contributed by atoms with E-state index >= 15 is 0 Å². The topological polar surface area (TPSA) is 12.0 Å². The summed E-state index contributed by atoms with van der Waals surface area (Å²) in [5.41, 5.74) is 0.855. The van der Waals surface area contributed by atoms with E-state index in [0.717, 1.165) is 17.4 Å². The Morgan fingerprint density at radius 3 is 2.82 bits per heavy atom. The molecule has 0 aromatic rings. The number of rotatable bonds is 0. The molecule has 1 nitrogen and oxygen atoms in total. The van der Waals surface area contributed by atoms with Crippen molar-refractivity contribution in [2.75, 3.05) is 6.54 Å². The van der Waals surface area contributed by atoms with E-state index in [4.69, 9.17) is 0 Å². The van der Waals surface area contributed by atoms with Crippen LogP contribution in [0.1, 0.15) is 38.5 Å². The van der Waals surface area contributed by atoms with Gasteiger partial charge in [0.2, 0.25) is 0 Å². The summed E-state index contributed by atoms with van der Waals surface area (Å²) in [6.07, 6.45) is 9.08. The van der Waals surface area contributed by atoms with Crippen LogP contribution in [0.4, 0.5) is 0 Å². The highest BCUT2D eigenvalue weighted by Crippen LogP contribution is 2.58. The van der Waals surface area contributed by atoms with E-state index in [1.54, 1.807) is 12.8 Å². The quantitative estimate of drug-likeness (QED) is 0.558. The van der Waals surface area contributed by atoms with Crippen LogP contribution >= 0.6 is 0 Å². The average molecular weight is 151 g/mol. The lowest BCUT2D eigenvalue weighted by atomic mass is 9.50. The van der Waals surface area contributed by atoms with Gasteiger partial charge in [-0.15, -0.1) is 0 Å². The van der Waals surface area contributed by atoms with E-state index in [1.807, 2.05) is 0 Å². The minimum atomic E-state index is 0.855. The van der Waals surface area contributed by atoms with Gasteiger partial charge in [0.1, 0.15) is 0 Å². The van der Waals surface area contributed by atoms with Gasteiger partial charge >= 0.3 is 0 Å². The average Bonchev–Trinajstić information content (AvgIpc) is 2.02. The van der Waals surface area contributed by atoms with Crippen LogP contribution in [-0.4, -0.2) is 12.6 Å². The summed E-state index contributed by atoms with van der Waals surface area (Å²) in [6.45, 7) is 1.31. The van der Waals surface area contributed by atoms with Gasteiger partial charge in [-0.2, -0.15) is 0 Å². The Balaban J connectivity index is 1.86. The van der Waals surface area contributed by atoms with Crippen LogP contribution in [0.25, 0.3) is 0 Å². The highest BCUT2D eigenvalue weighted by Gasteiger charge is 2.51. The van der Waals surface area contributed by atoms with Gasteiger partial charge in [0.05, 0.1) is 0 Å². The molecule has 3 atom stereocenters. The normalized spacial score (nSPS) is 54.5. The second kappa shape index (κ2) is 2.01. The van der Waals surface area contributed by atoms with E-state index in [-0.39, 0.29) is 0 Å². The zero-order chi connectivity index (χ0) is 7.31. The zero-order valence-corrected chi connectivity index (χ0v) is 7.10. The molecule has 1 N–H and O–H groups in total. The molecular formula is C10H17N. The minimum Gasteiger partial charge on any atom is -0.314 e. The first-order chi connectivity index (χ1) is 5.39. The molecule has 3 unspecified atom stereocenters. The van der Waals surface area contributed by atoms with Gasteiger partial charge < -0.3 is 5.32 Å². The lowest BCUT2D eigenvalue weighted by Crippen LogP contribution is -2.55. The Labute approximate surface area is 68.6 Å². The predicted octanol–water partition coefficient (Wildman–Crippen LogP) is 1.93. The molecule has 3 fully saturated rings. The summed E-state index contributed by atoms with van der Waals surface area (Å²) < 4.78 is 0. The van der Waals surface area contributed by atoms with Crippen molar-refractivity contribution in [2.45, 2.75) is 44.6 Å². The largest absolute Gasteiger partial charge is 0.314 e. The molecule has 0 radical (unpaired) electrons. The van der Waals surface area contributed by atoms with Gasteiger partial charge in [-0.1, -0.05) is 0 Å². The Bertz CT molecular complexity index is 178. The van der Waals surface area contributed by atoms with Crippen LogP contribution in [0, 0.1) is 11.3 Å². The molecule has 3 rings (SSSR count). The number of hydrogen-bond donors (Lipinski definition) is 1. The van der Waals surface area contributed by atoms with E-state index in [1.165, 1.54) is 32.2 Å². The van der Waals surface area contributed by atoms with Crippen molar-refractivity contribution >= 4 is 0 Å². The van der Waals surface area contributed by atoms with Gasteiger partial charge in [-0.05, 0) is 56.4 Å². The molecule has 0 amide bonds. The third-order valence-corrected chi connectivity index (χ3v) is 4.43. The molecular weight excluding hydrogens is 134 g/mol. The predicted molar refractivity (Wildman–Crippen MR) is 45.4 cm³/mol. The van der Waals surface area contributed by atoms with E-state index in [9.17, 15) is 0 Å². The van der Waals surface area contributed by atoms with Crippen LogP contribution in [0.5, 0.6) is 0 Å². The van der Waals surface area contributed by atoms with Crippen LogP contribution in [0.3, 0.4) is 0 Å². The van der Waals surface area contributed by atoms with Gasteiger partial charge in [0, 0.05) is 6.04 Å². The van der Waals surface area contributed by atoms with Gasteiger partial charge in [0.15, 0.2) is 0 Å². The molecule has 2 aliphatic carbocycles. The van der Waals surface area contributed by atoms with Crippen LogP contribution < -0.4 is 5.32 Å². The molecule has 1 saturated heterocycles. The first kappa shape index (κ1) is 6.47. The number of hydrogen-bond acceptors (Lipinski definition) is 1. The zero-order valence-electron chi connectivity index (χ0n) is 7.10. The summed E-state index contributed by atoms with van der Waals surface area (Å²) in [5.74, 6) is 1.14. The molecule has 11 heavy (non-hydrogen) atoms. The second-order valence-corrected chi connectivity index (χ2v) is 4.78. The summed E-state index contributed by atoms with van der Waals surface area (Å²) in [7, 11) is 0. The first-order valence-corrected chi connectivity index (χ1v) is 5.12. The Morgan fingerprint density at radius 2 is 2.09 bits per heavy atom. The first-order valence-electron chi connectivity index (χ1n) is 5.12. The molecule has 1 heterocycles. The Kier molecular flexibility index (Phi) is 1.18. The molecule has 1 heteroatoms. The lowest BCUT2D eigenvalue weighted by molar-refractivity contribution is -0.0540. The minimum absolute atomic E-state index is 0.855. The maximum atomic E-state index is 3.63. The lowest BCUT2D eigenvalue weighted by Gasteiger charge is -2.58. The summed E-state index contributed by atoms with van der Waals surface area (Å²) in [5, 5.41) is 3.63. The third-order valence-electron chi connectivity index (χ3n) is 4.43.